The lowest BCUT2D eigenvalue weighted by molar-refractivity contribution is -0.132. The molecule has 4 rings (SSSR count). The van der Waals surface area contributed by atoms with Gasteiger partial charge in [0.25, 0.3) is 5.91 Å². The summed E-state index contributed by atoms with van der Waals surface area (Å²) in [6.45, 7) is 2.35. The fourth-order valence-electron chi connectivity index (χ4n) is 3.12. The molecule has 0 radical (unpaired) electrons. The van der Waals surface area contributed by atoms with Gasteiger partial charge in [0, 0.05) is 32.4 Å². The Morgan fingerprint density at radius 2 is 1.69 bits per heavy atom. The van der Waals surface area contributed by atoms with Crippen molar-refractivity contribution in [1.29, 1.82) is 0 Å². The van der Waals surface area contributed by atoms with Crippen LogP contribution in [0.5, 0.6) is 0 Å². The maximum absolute atomic E-state index is 12.6. The summed E-state index contributed by atoms with van der Waals surface area (Å²) in [5.41, 5.74) is 2.08. The molecule has 0 bridgehead atoms. The number of nitrogens with one attached hydrogen (secondary N) is 1. The van der Waals surface area contributed by atoms with Gasteiger partial charge in [0.1, 0.15) is 17.6 Å². The number of fused-ring (bicyclic) bond motifs is 1. The van der Waals surface area contributed by atoms with Crippen LogP contribution in [0.3, 0.4) is 0 Å². The lowest BCUT2D eigenvalue weighted by atomic mass is 10.3. The molecule has 26 heavy (non-hydrogen) atoms. The van der Waals surface area contributed by atoms with Gasteiger partial charge in [-0.05, 0) is 18.6 Å². The molecule has 9 nitrogen and oxygen atoms in total. The predicted octanol–water partition coefficient (Wildman–Crippen LogP) is 0.529. The van der Waals surface area contributed by atoms with E-state index < -0.39 is 0 Å². The third-order valence-electron chi connectivity index (χ3n) is 4.49. The molecule has 1 aliphatic rings. The van der Waals surface area contributed by atoms with Gasteiger partial charge in [0.05, 0.1) is 11.8 Å². The lowest BCUT2D eigenvalue weighted by Gasteiger charge is -2.21. The number of nitrogens with zero attached hydrogens (tertiary/aromatic N) is 6. The number of aromatic amines is 1. The van der Waals surface area contributed by atoms with E-state index in [2.05, 4.69) is 20.4 Å². The number of rotatable bonds is 3. The van der Waals surface area contributed by atoms with Crippen LogP contribution in [-0.4, -0.2) is 73.0 Å². The summed E-state index contributed by atoms with van der Waals surface area (Å²) >= 11 is 0. The summed E-state index contributed by atoms with van der Waals surface area (Å²) in [4.78, 5) is 30.0. The minimum Gasteiger partial charge on any atom is -0.339 e. The third kappa shape index (κ3) is 3.28. The van der Waals surface area contributed by atoms with Crippen molar-refractivity contribution in [3.05, 3.63) is 42.2 Å². The van der Waals surface area contributed by atoms with E-state index in [-0.39, 0.29) is 18.4 Å². The summed E-state index contributed by atoms with van der Waals surface area (Å²) in [5.74, 6) is -0.101. The molecule has 1 aliphatic heterocycles. The van der Waals surface area contributed by atoms with Gasteiger partial charge >= 0.3 is 0 Å². The van der Waals surface area contributed by atoms with E-state index in [1.165, 1.54) is 11.0 Å². The number of carbonyl (C=O) groups excluding carboxylic acids is 2. The Morgan fingerprint density at radius 3 is 2.38 bits per heavy atom. The van der Waals surface area contributed by atoms with Crippen LogP contribution in [0.4, 0.5) is 0 Å². The number of amides is 2. The van der Waals surface area contributed by atoms with Gasteiger partial charge in [-0.2, -0.15) is 20.1 Å². The number of hydrogen-bond acceptors (Lipinski definition) is 5. The molecule has 3 aromatic rings. The first-order chi connectivity index (χ1) is 12.7. The second-order valence-corrected chi connectivity index (χ2v) is 6.23. The Morgan fingerprint density at radius 1 is 1.00 bits per heavy atom. The lowest BCUT2D eigenvalue weighted by Crippen LogP contribution is -2.38. The number of hydrogen-bond donors (Lipinski definition) is 1. The van der Waals surface area contributed by atoms with Gasteiger partial charge in [-0.1, -0.05) is 12.1 Å². The maximum Gasteiger partial charge on any atom is 0.257 e. The van der Waals surface area contributed by atoms with Crippen LogP contribution < -0.4 is 0 Å². The van der Waals surface area contributed by atoms with Crippen molar-refractivity contribution in [3.8, 4) is 0 Å². The molecular formula is C17H19N7O2. The second-order valence-electron chi connectivity index (χ2n) is 6.23. The van der Waals surface area contributed by atoms with Gasteiger partial charge in [0.2, 0.25) is 5.91 Å². The number of benzene rings is 1. The molecule has 2 aromatic heterocycles. The van der Waals surface area contributed by atoms with Crippen molar-refractivity contribution in [2.75, 3.05) is 26.2 Å². The Labute approximate surface area is 149 Å². The number of carbonyl (C=O) groups is 2. The largest absolute Gasteiger partial charge is 0.339 e. The molecule has 3 heterocycles. The molecule has 0 aliphatic carbocycles. The van der Waals surface area contributed by atoms with E-state index in [4.69, 9.17) is 0 Å². The summed E-state index contributed by atoms with van der Waals surface area (Å²) in [7, 11) is 0. The van der Waals surface area contributed by atoms with Gasteiger partial charge in [-0.3, -0.25) is 14.7 Å². The van der Waals surface area contributed by atoms with E-state index in [0.29, 0.717) is 31.7 Å². The van der Waals surface area contributed by atoms with Crippen molar-refractivity contribution in [2.45, 2.75) is 13.0 Å². The van der Waals surface area contributed by atoms with Crippen LogP contribution in [-0.2, 0) is 11.3 Å². The maximum atomic E-state index is 12.6. The van der Waals surface area contributed by atoms with E-state index in [0.717, 1.165) is 17.5 Å². The van der Waals surface area contributed by atoms with Crippen molar-refractivity contribution < 1.29 is 9.59 Å². The molecule has 1 saturated heterocycles. The Hall–Kier alpha value is -3.23. The highest BCUT2D eigenvalue weighted by molar-refractivity contribution is 5.93. The molecule has 134 valence electrons. The second kappa shape index (κ2) is 6.95. The topological polar surface area (TPSA) is 100 Å². The van der Waals surface area contributed by atoms with E-state index in [1.54, 1.807) is 16.0 Å². The van der Waals surface area contributed by atoms with Crippen LogP contribution in [0.25, 0.3) is 11.0 Å². The van der Waals surface area contributed by atoms with Crippen LogP contribution in [0.15, 0.2) is 36.7 Å². The smallest absolute Gasteiger partial charge is 0.257 e. The molecule has 1 aromatic carbocycles. The van der Waals surface area contributed by atoms with E-state index in [1.807, 2.05) is 24.3 Å². The first kappa shape index (κ1) is 16.2. The summed E-state index contributed by atoms with van der Waals surface area (Å²) < 4.78 is 0. The quantitative estimate of drug-likeness (QED) is 0.740. The molecule has 0 saturated carbocycles. The minimum absolute atomic E-state index is 0.0390. The summed E-state index contributed by atoms with van der Waals surface area (Å²) in [6, 6.07) is 7.52. The number of H-pyrrole nitrogens is 1. The third-order valence-corrected chi connectivity index (χ3v) is 4.49. The number of aromatic nitrogens is 5. The summed E-state index contributed by atoms with van der Waals surface area (Å²) in [5, 5.41) is 15.1. The molecule has 1 N–H and O–H groups in total. The summed E-state index contributed by atoms with van der Waals surface area (Å²) in [6.07, 6.45) is 3.85. The fourth-order valence-corrected chi connectivity index (χ4v) is 3.12. The normalized spacial score (nSPS) is 15.2. The molecule has 0 spiro atoms. The molecule has 0 atom stereocenters. The first-order valence-corrected chi connectivity index (χ1v) is 8.56. The SMILES string of the molecule is O=C(Cn1nc2ccccc2n1)N1CCCN(C(=O)c2cn[nH]c2)CC1. The van der Waals surface area contributed by atoms with Crippen molar-refractivity contribution in [1.82, 2.24) is 35.0 Å². The zero-order chi connectivity index (χ0) is 17.9. The highest BCUT2D eigenvalue weighted by Gasteiger charge is 2.23. The molecule has 0 unspecified atom stereocenters. The van der Waals surface area contributed by atoms with E-state index >= 15 is 0 Å². The zero-order valence-electron chi connectivity index (χ0n) is 14.2. The van der Waals surface area contributed by atoms with Crippen molar-refractivity contribution in [2.24, 2.45) is 0 Å². The predicted molar refractivity (Wildman–Crippen MR) is 93.2 cm³/mol. The Bertz CT molecular complexity index is 885. The van der Waals surface area contributed by atoms with Crippen LogP contribution in [0.2, 0.25) is 0 Å². The van der Waals surface area contributed by atoms with Gasteiger partial charge in [-0.25, -0.2) is 0 Å². The highest BCUT2D eigenvalue weighted by Crippen LogP contribution is 2.10. The molecule has 9 heteroatoms. The van der Waals surface area contributed by atoms with Gasteiger partial charge < -0.3 is 9.80 Å². The Balaban J connectivity index is 1.38. The van der Waals surface area contributed by atoms with Gasteiger partial charge in [0.15, 0.2) is 0 Å². The molecular weight excluding hydrogens is 334 g/mol. The molecule has 1 fully saturated rings. The Kier molecular flexibility index (Phi) is 4.34. The average Bonchev–Trinajstić information content (AvgIpc) is 3.25. The fraction of sp³-hybridized carbons (Fsp3) is 0.353. The van der Waals surface area contributed by atoms with Crippen LogP contribution >= 0.6 is 0 Å². The first-order valence-electron chi connectivity index (χ1n) is 8.56. The average molecular weight is 353 g/mol. The van der Waals surface area contributed by atoms with Crippen LogP contribution in [0, 0.1) is 0 Å². The van der Waals surface area contributed by atoms with Gasteiger partial charge in [-0.15, -0.1) is 0 Å². The van der Waals surface area contributed by atoms with Crippen molar-refractivity contribution >= 4 is 22.8 Å². The zero-order valence-corrected chi connectivity index (χ0v) is 14.2. The standard InChI is InChI=1S/C17H19N7O2/c25-16(12-24-20-14-4-1-2-5-15(14)21-24)22-6-3-7-23(9-8-22)17(26)13-10-18-19-11-13/h1-2,4-5,10-11H,3,6-9,12H2,(H,18,19). The van der Waals surface area contributed by atoms with Crippen molar-refractivity contribution in [3.63, 3.8) is 0 Å². The minimum atomic E-state index is -0.0620. The highest BCUT2D eigenvalue weighted by atomic mass is 16.2. The van der Waals surface area contributed by atoms with Crippen LogP contribution in [0.1, 0.15) is 16.8 Å². The molecule has 2 amide bonds. The monoisotopic (exact) mass is 353 g/mol. The van der Waals surface area contributed by atoms with E-state index in [9.17, 15) is 9.59 Å².